The lowest BCUT2D eigenvalue weighted by molar-refractivity contribution is 0.0523. The van der Waals surface area contributed by atoms with Crippen LogP contribution in [0.25, 0.3) is 0 Å². The van der Waals surface area contributed by atoms with Crippen LogP contribution in [-0.2, 0) is 4.74 Å². The van der Waals surface area contributed by atoms with Crippen molar-refractivity contribution in [2.75, 3.05) is 44.4 Å². The molecule has 0 radical (unpaired) electrons. The van der Waals surface area contributed by atoms with Gasteiger partial charge < -0.3 is 24.6 Å². The maximum absolute atomic E-state index is 9.20. The molecule has 7 nitrogen and oxygen atoms in total. The van der Waals surface area contributed by atoms with E-state index in [1.54, 1.807) is 0 Å². The molecule has 2 N–H and O–H groups in total. The van der Waals surface area contributed by atoms with E-state index in [9.17, 15) is 5.11 Å². The predicted molar refractivity (Wildman–Crippen MR) is 61.5 cm³/mol. The third kappa shape index (κ3) is 3.25. The summed E-state index contributed by atoms with van der Waals surface area (Å²) in [6, 6.07) is 0. The standard InChI is InChI=1S/C9H15N3O4S/c13-5-7(14)6-16-9-8(10-17-11-9)12-1-3-15-4-2-12/h7,13-14H,1-6H2/t7-/m1/s1. The van der Waals surface area contributed by atoms with Crippen molar-refractivity contribution < 1.29 is 19.7 Å². The van der Waals surface area contributed by atoms with Gasteiger partial charge in [-0.1, -0.05) is 0 Å². The number of anilines is 1. The monoisotopic (exact) mass is 261 g/mol. The summed E-state index contributed by atoms with van der Waals surface area (Å²) >= 11 is 1.07. The minimum absolute atomic E-state index is 0.0131. The fourth-order valence-electron chi connectivity index (χ4n) is 1.46. The first kappa shape index (κ1) is 12.5. The van der Waals surface area contributed by atoms with E-state index in [-0.39, 0.29) is 13.2 Å². The van der Waals surface area contributed by atoms with E-state index in [0.29, 0.717) is 24.9 Å². The summed E-state index contributed by atoms with van der Waals surface area (Å²) in [7, 11) is 0. The van der Waals surface area contributed by atoms with Crippen LogP contribution < -0.4 is 9.64 Å². The van der Waals surface area contributed by atoms with E-state index in [0.717, 1.165) is 24.8 Å². The van der Waals surface area contributed by atoms with Gasteiger partial charge in [-0.2, -0.15) is 4.37 Å². The molecule has 96 valence electrons. The second-order valence-electron chi connectivity index (χ2n) is 3.64. The molecule has 17 heavy (non-hydrogen) atoms. The molecule has 0 amide bonds. The molecule has 0 unspecified atom stereocenters. The number of hydrogen-bond donors (Lipinski definition) is 2. The van der Waals surface area contributed by atoms with Crippen molar-refractivity contribution in [1.29, 1.82) is 0 Å². The van der Waals surface area contributed by atoms with Crippen LogP contribution in [0, 0.1) is 0 Å². The van der Waals surface area contributed by atoms with E-state index < -0.39 is 6.10 Å². The zero-order chi connectivity index (χ0) is 12.1. The number of rotatable bonds is 5. The quantitative estimate of drug-likeness (QED) is 0.710. The molecule has 0 saturated carbocycles. The van der Waals surface area contributed by atoms with Crippen LogP contribution in [0.4, 0.5) is 5.82 Å². The van der Waals surface area contributed by atoms with E-state index >= 15 is 0 Å². The summed E-state index contributed by atoms with van der Waals surface area (Å²) in [6.45, 7) is 2.52. The van der Waals surface area contributed by atoms with Crippen LogP contribution in [0.1, 0.15) is 0 Å². The van der Waals surface area contributed by atoms with Crippen molar-refractivity contribution >= 4 is 17.5 Å². The SMILES string of the molecule is OC[C@@H](O)COc1nsnc1N1CCOCC1. The number of ether oxygens (including phenoxy) is 2. The van der Waals surface area contributed by atoms with Gasteiger partial charge in [0.15, 0.2) is 0 Å². The topological polar surface area (TPSA) is 87.9 Å². The first-order valence-corrected chi connectivity index (χ1v) is 6.11. The summed E-state index contributed by atoms with van der Waals surface area (Å²) in [4.78, 5) is 2.04. The van der Waals surface area contributed by atoms with Crippen molar-refractivity contribution in [2.24, 2.45) is 0 Å². The molecule has 1 fully saturated rings. The van der Waals surface area contributed by atoms with Gasteiger partial charge in [-0.25, -0.2) is 0 Å². The largest absolute Gasteiger partial charge is 0.472 e. The van der Waals surface area contributed by atoms with Crippen molar-refractivity contribution in [1.82, 2.24) is 8.75 Å². The van der Waals surface area contributed by atoms with E-state index in [4.69, 9.17) is 14.6 Å². The van der Waals surface area contributed by atoms with Crippen LogP contribution in [0.5, 0.6) is 5.88 Å². The van der Waals surface area contributed by atoms with Gasteiger partial charge >= 0.3 is 0 Å². The lowest BCUT2D eigenvalue weighted by Gasteiger charge is -2.26. The number of aromatic nitrogens is 2. The maximum atomic E-state index is 9.20. The fourth-order valence-corrected chi connectivity index (χ4v) is 1.98. The Morgan fingerprint density at radius 1 is 1.41 bits per heavy atom. The predicted octanol–water partition coefficient (Wildman–Crippen LogP) is -0.893. The van der Waals surface area contributed by atoms with E-state index in [1.165, 1.54) is 0 Å². The zero-order valence-electron chi connectivity index (χ0n) is 9.28. The first-order valence-electron chi connectivity index (χ1n) is 5.38. The molecule has 2 rings (SSSR count). The Morgan fingerprint density at radius 2 is 2.18 bits per heavy atom. The highest BCUT2D eigenvalue weighted by molar-refractivity contribution is 6.99. The average molecular weight is 261 g/mol. The molecule has 2 heterocycles. The number of nitrogens with zero attached hydrogens (tertiary/aromatic N) is 3. The smallest absolute Gasteiger partial charge is 0.270 e. The summed E-state index contributed by atoms with van der Waals surface area (Å²) in [6.07, 6.45) is -0.894. The Morgan fingerprint density at radius 3 is 2.88 bits per heavy atom. The van der Waals surface area contributed by atoms with Crippen LogP contribution in [0.15, 0.2) is 0 Å². The van der Waals surface area contributed by atoms with Crippen molar-refractivity contribution in [2.45, 2.75) is 6.10 Å². The van der Waals surface area contributed by atoms with Gasteiger partial charge in [0.25, 0.3) is 5.88 Å². The molecule has 1 saturated heterocycles. The second kappa shape index (κ2) is 6.10. The minimum Gasteiger partial charge on any atom is -0.472 e. The molecule has 1 aromatic rings. The summed E-state index contributed by atoms with van der Waals surface area (Å²) in [5.41, 5.74) is 0. The fraction of sp³-hybridized carbons (Fsp3) is 0.778. The molecule has 1 aromatic heterocycles. The van der Waals surface area contributed by atoms with Crippen LogP contribution in [0.2, 0.25) is 0 Å². The van der Waals surface area contributed by atoms with E-state index in [1.807, 2.05) is 4.90 Å². The number of aliphatic hydroxyl groups excluding tert-OH is 2. The van der Waals surface area contributed by atoms with Crippen LogP contribution in [0.3, 0.4) is 0 Å². The number of hydrogen-bond acceptors (Lipinski definition) is 8. The molecular weight excluding hydrogens is 246 g/mol. The summed E-state index contributed by atoms with van der Waals surface area (Å²) < 4.78 is 18.8. The molecule has 0 aromatic carbocycles. The molecule has 8 heteroatoms. The van der Waals surface area contributed by atoms with Crippen molar-refractivity contribution in [3.8, 4) is 5.88 Å². The van der Waals surface area contributed by atoms with Crippen molar-refractivity contribution in [3.05, 3.63) is 0 Å². The minimum atomic E-state index is -0.894. The average Bonchev–Trinajstić information content (AvgIpc) is 2.85. The Kier molecular flexibility index (Phi) is 4.49. The number of aliphatic hydroxyl groups is 2. The van der Waals surface area contributed by atoms with Gasteiger partial charge in [0.1, 0.15) is 12.7 Å². The molecule has 0 spiro atoms. The molecule has 1 aliphatic rings. The Hall–Kier alpha value is -0.960. The summed E-state index contributed by atoms with van der Waals surface area (Å²) in [5, 5.41) is 17.9. The van der Waals surface area contributed by atoms with Crippen LogP contribution in [-0.4, -0.2) is 64.6 Å². The van der Waals surface area contributed by atoms with Gasteiger partial charge in [0.2, 0.25) is 5.82 Å². The van der Waals surface area contributed by atoms with Crippen LogP contribution >= 0.6 is 11.7 Å². The van der Waals surface area contributed by atoms with E-state index in [2.05, 4.69) is 8.75 Å². The molecule has 1 aliphatic heterocycles. The Bertz CT molecular complexity index is 343. The normalized spacial score (nSPS) is 18.1. The number of morpholine rings is 1. The third-order valence-corrected chi connectivity index (χ3v) is 2.88. The molecule has 0 bridgehead atoms. The highest BCUT2D eigenvalue weighted by Gasteiger charge is 2.20. The second-order valence-corrected chi connectivity index (χ2v) is 4.17. The van der Waals surface area contributed by atoms with Gasteiger partial charge in [0.05, 0.1) is 31.5 Å². The lowest BCUT2D eigenvalue weighted by Crippen LogP contribution is -2.36. The van der Waals surface area contributed by atoms with Gasteiger partial charge in [-0.05, 0) is 0 Å². The maximum Gasteiger partial charge on any atom is 0.270 e. The third-order valence-electron chi connectivity index (χ3n) is 2.38. The summed E-state index contributed by atoms with van der Waals surface area (Å²) in [5.74, 6) is 1.09. The van der Waals surface area contributed by atoms with Gasteiger partial charge in [0, 0.05) is 13.1 Å². The van der Waals surface area contributed by atoms with Gasteiger partial charge in [-0.15, -0.1) is 4.37 Å². The lowest BCUT2D eigenvalue weighted by atomic mass is 10.4. The Labute approximate surface area is 103 Å². The zero-order valence-corrected chi connectivity index (χ0v) is 10.1. The Balaban J connectivity index is 1.95. The highest BCUT2D eigenvalue weighted by atomic mass is 32.1. The molecule has 0 aliphatic carbocycles. The molecular formula is C9H15N3O4S. The van der Waals surface area contributed by atoms with Crippen molar-refractivity contribution in [3.63, 3.8) is 0 Å². The molecule has 1 atom stereocenters. The first-order chi connectivity index (χ1) is 8.31. The van der Waals surface area contributed by atoms with Gasteiger partial charge in [-0.3, -0.25) is 0 Å². The highest BCUT2D eigenvalue weighted by Crippen LogP contribution is 2.26.